The number of nitrogens with zero attached hydrogens (tertiary/aromatic N) is 4. The van der Waals surface area contributed by atoms with Crippen molar-refractivity contribution in [1.29, 1.82) is 0 Å². The maximum atomic E-state index is 15.2. The van der Waals surface area contributed by atoms with Gasteiger partial charge in [0.05, 0.1) is 17.9 Å². The van der Waals surface area contributed by atoms with Crippen molar-refractivity contribution in [2.45, 2.75) is 6.04 Å². The van der Waals surface area contributed by atoms with Crippen molar-refractivity contribution < 1.29 is 13.7 Å². The molecule has 0 saturated carbocycles. The predicted octanol–water partition coefficient (Wildman–Crippen LogP) is 4.52. The number of ether oxygens (including phenoxy) is 1. The first-order chi connectivity index (χ1) is 16.7. The Morgan fingerprint density at radius 3 is 2.80 bits per heavy atom. The summed E-state index contributed by atoms with van der Waals surface area (Å²) < 4.78 is 33.8. The number of rotatable bonds is 5. The predicted molar refractivity (Wildman–Crippen MR) is 140 cm³/mol. The Kier molecular flexibility index (Phi) is 6.34. The van der Waals surface area contributed by atoms with E-state index in [-0.39, 0.29) is 17.8 Å². The van der Waals surface area contributed by atoms with Crippen LogP contribution in [0.25, 0.3) is 0 Å². The van der Waals surface area contributed by atoms with Gasteiger partial charge in [-0.2, -0.15) is 4.98 Å². The van der Waals surface area contributed by atoms with Crippen molar-refractivity contribution in [3.63, 3.8) is 0 Å². The molecule has 1 aromatic heterocycles. The summed E-state index contributed by atoms with van der Waals surface area (Å²) in [6.45, 7) is 6.38. The number of aromatic nitrogens is 2. The van der Waals surface area contributed by atoms with E-state index in [1.165, 1.54) is 12.3 Å². The van der Waals surface area contributed by atoms with Crippen LogP contribution in [0.4, 0.5) is 33.2 Å². The Balaban J connectivity index is 1.40. The number of nitrogens with one attached hydrogen (secondary N) is 2. The van der Waals surface area contributed by atoms with Crippen LogP contribution < -0.4 is 25.6 Å². The second kappa shape index (κ2) is 9.30. The minimum atomic E-state index is -2.53. The number of benzene rings is 2. The lowest BCUT2D eigenvalue weighted by Gasteiger charge is -2.44. The third-order valence-electron chi connectivity index (χ3n) is 6.17. The Bertz CT molecular complexity index is 1320. The molecule has 8 nitrogen and oxygen atoms in total. The summed E-state index contributed by atoms with van der Waals surface area (Å²) in [5.74, 6) is 0.719. The van der Waals surface area contributed by atoms with Gasteiger partial charge in [0.25, 0.3) is 0 Å². The standard InChI is InChI=1S/C24H27ClFN6O2P/c1-31-8-9-32-16(13-31)14-34-20-11-15(10-18(26)22(20)32)28-24-27-12-17(25)23(30-24)29-19-6-4-5-7-21(19)35(2,3)33/h4-7,10-12,16H,8-9,13-14H2,1-3H3,(H2,27,28,29,30)/t16-/m1/s1. The van der Waals surface area contributed by atoms with Gasteiger partial charge in [-0.3, -0.25) is 0 Å². The molecule has 2 aromatic carbocycles. The fraction of sp³-hybridized carbons (Fsp3) is 0.333. The monoisotopic (exact) mass is 516 g/mol. The highest BCUT2D eigenvalue weighted by Gasteiger charge is 2.34. The van der Waals surface area contributed by atoms with Gasteiger partial charge in [-0.05, 0) is 38.6 Å². The maximum Gasteiger partial charge on any atom is 0.229 e. The van der Waals surface area contributed by atoms with Crippen LogP contribution in [0, 0.1) is 5.82 Å². The van der Waals surface area contributed by atoms with E-state index in [9.17, 15) is 4.57 Å². The largest absolute Gasteiger partial charge is 0.489 e. The van der Waals surface area contributed by atoms with Crippen LogP contribution in [0.5, 0.6) is 5.75 Å². The Labute approximate surface area is 208 Å². The summed E-state index contributed by atoms with van der Waals surface area (Å²) in [5.41, 5.74) is 1.62. The molecule has 0 aliphatic carbocycles. The lowest BCUT2D eigenvalue weighted by Crippen LogP contribution is -2.56. The summed E-state index contributed by atoms with van der Waals surface area (Å²) in [6, 6.07) is 10.6. The second-order valence-corrected chi connectivity index (χ2v) is 12.8. The van der Waals surface area contributed by atoms with E-state index in [0.717, 1.165) is 19.6 Å². The molecule has 3 heterocycles. The zero-order chi connectivity index (χ0) is 24.7. The van der Waals surface area contributed by atoms with E-state index < -0.39 is 7.14 Å². The molecule has 1 fully saturated rings. The zero-order valence-corrected chi connectivity index (χ0v) is 21.4. The molecule has 5 rings (SSSR count). The first-order valence-corrected chi connectivity index (χ1v) is 14.3. The highest BCUT2D eigenvalue weighted by atomic mass is 35.5. The molecule has 2 aliphatic rings. The fourth-order valence-electron chi connectivity index (χ4n) is 4.49. The van der Waals surface area contributed by atoms with Gasteiger partial charge in [0.15, 0.2) is 11.6 Å². The molecule has 3 aromatic rings. The first kappa shape index (κ1) is 23.9. The lowest BCUT2D eigenvalue weighted by atomic mass is 10.1. The van der Waals surface area contributed by atoms with Crippen molar-refractivity contribution in [3.8, 4) is 5.75 Å². The van der Waals surface area contributed by atoms with Crippen LogP contribution in [0.15, 0.2) is 42.6 Å². The highest BCUT2D eigenvalue weighted by molar-refractivity contribution is 7.70. The summed E-state index contributed by atoms with van der Waals surface area (Å²) >= 11 is 6.34. The van der Waals surface area contributed by atoms with Gasteiger partial charge in [0.2, 0.25) is 5.95 Å². The molecule has 0 radical (unpaired) electrons. The molecule has 1 saturated heterocycles. The minimum Gasteiger partial charge on any atom is -0.489 e. The van der Waals surface area contributed by atoms with Crippen molar-refractivity contribution in [2.24, 2.45) is 0 Å². The van der Waals surface area contributed by atoms with Crippen LogP contribution in [0.3, 0.4) is 0 Å². The summed E-state index contributed by atoms with van der Waals surface area (Å²) in [6.07, 6.45) is 1.46. The van der Waals surface area contributed by atoms with Crippen molar-refractivity contribution >= 4 is 52.9 Å². The van der Waals surface area contributed by atoms with Gasteiger partial charge < -0.3 is 29.7 Å². The summed E-state index contributed by atoms with van der Waals surface area (Å²) in [7, 11) is -0.470. The molecule has 0 unspecified atom stereocenters. The number of halogens is 2. The van der Waals surface area contributed by atoms with Crippen LogP contribution in [-0.4, -0.2) is 67.5 Å². The average molecular weight is 517 g/mol. The fourth-order valence-corrected chi connectivity index (χ4v) is 5.78. The van der Waals surface area contributed by atoms with E-state index in [4.69, 9.17) is 16.3 Å². The van der Waals surface area contributed by atoms with E-state index in [1.54, 1.807) is 19.4 Å². The Morgan fingerprint density at radius 2 is 2.00 bits per heavy atom. The average Bonchev–Trinajstić information content (AvgIpc) is 2.80. The van der Waals surface area contributed by atoms with E-state index in [0.29, 0.717) is 45.6 Å². The second-order valence-electron chi connectivity index (χ2n) is 9.23. The number of likely N-dealkylation sites (N-methyl/N-ethyl adjacent to an activating group) is 1. The SMILES string of the molecule is CN1CCN2c3c(F)cc(Nc4ncc(Cl)c(Nc5ccccc5P(C)(C)=O)n4)cc3OC[C@H]2C1. The normalized spacial score (nSPS) is 17.9. The molecule has 11 heteroatoms. The number of para-hydroxylation sites is 1. The molecule has 0 bridgehead atoms. The van der Waals surface area contributed by atoms with Crippen LogP contribution in [0.2, 0.25) is 5.02 Å². The number of hydrogen-bond donors (Lipinski definition) is 2. The smallest absolute Gasteiger partial charge is 0.229 e. The van der Waals surface area contributed by atoms with Crippen molar-refractivity contribution in [2.75, 3.05) is 62.2 Å². The number of anilines is 5. The van der Waals surface area contributed by atoms with E-state index >= 15 is 4.39 Å². The number of piperazine rings is 1. The summed E-state index contributed by atoms with van der Waals surface area (Å²) in [5, 5.41) is 7.21. The molecular formula is C24H27ClFN6O2P. The maximum absolute atomic E-state index is 15.2. The van der Waals surface area contributed by atoms with Gasteiger partial charge in [0, 0.05) is 36.7 Å². The molecule has 184 valence electrons. The van der Waals surface area contributed by atoms with Gasteiger partial charge in [-0.1, -0.05) is 23.7 Å². The number of hydrogen-bond acceptors (Lipinski definition) is 8. The van der Waals surface area contributed by atoms with E-state index in [2.05, 4.69) is 37.4 Å². The molecule has 2 N–H and O–H groups in total. The van der Waals surface area contributed by atoms with Gasteiger partial charge >= 0.3 is 0 Å². The Hall–Kier alpha value is -2.87. The molecule has 1 atom stereocenters. The van der Waals surface area contributed by atoms with Crippen LogP contribution in [-0.2, 0) is 4.57 Å². The van der Waals surface area contributed by atoms with Crippen molar-refractivity contribution in [1.82, 2.24) is 14.9 Å². The van der Waals surface area contributed by atoms with Crippen LogP contribution in [0.1, 0.15) is 0 Å². The van der Waals surface area contributed by atoms with Gasteiger partial charge in [-0.25, -0.2) is 9.37 Å². The van der Waals surface area contributed by atoms with Gasteiger partial charge in [-0.15, -0.1) is 0 Å². The topological polar surface area (TPSA) is 82.6 Å². The third kappa shape index (κ3) is 4.94. The molecular weight excluding hydrogens is 490 g/mol. The number of fused-ring (bicyclic) bond motifs is 3. The quantitative estimate of drug-likeness (QED) is 0.479. The van der Waals surface area contributed by atoms with E-state index in [1.807, 2.05) is 24.3 Å². The van der Waals surface area contributed by atoms with Crippen molar-refractivity contribution in [3.05, 3.63) is 53.4 Å². The summed E-state index contributed by atoms with van der Waals surface area (Å²) in [4.78, 5) is 13.0. The molecule has 0 spiro atoms. The molecule has 0 amide bonds. The highest BCUT2D eigenvalue weighted by Crippen LogP contribution is 2.41. The third-order valence-corrected chi connectivity index (χ3v) is 8.00. The minimum absolute atomic E-state index is 0.132. The van der Waals surface area contributed by atoms with Gasteiger partial charge in [0.1, 0.15) is 30.2 Å². The molecule has 35 heavy (non-hydrogen) atoms. The first-order valence-electron chi connectivity index (χ1n) is 11.3. The zero-order valence-electron chi connectivity index (χ0n) is 19.8. The lowest BCUT2D eigenvalue weighted by molar-refractivity contribution is 0.186. The van der Waals surface area contributed by atoms with Crippen LogP contribution >= 0.6 is 18.7 Å². The molecule has 2 aliphatic heterocycles. The Morgan fingerprint density at radius 1 is 1.20 bits per heavy atom.